The molecule has 0 bridgehead atoms. The van der Waals surface area contributed by atoms with E-state index < -0.39 is 5.97 Å². The number of carboxylic acids is 1. The first kappa shape index (κ1) is 12.0. The summed E-state index contributed by atoms with van der Waals surface area (Å²) in [7, 11) is 1.74. The third-order valence-electron chi connectivity index (χ3n) is 3.12. The van der Waals surface area contributed by atoms with Crippen LogP contribution in [0.15, 0.2) is 0 Å². The topological polar surface area (TPSA) is 69.6 Å². The molecule has 2 N–H and O–H groups in total. The number of amides is 1. The van der Waals surface area contributed by atoms with E-state index in [0.29, 0.717) is 13.1 Å². The van der Waals surface area contributed by atoms with Crippen LogP contribution in [0.2, 0.25) is 0 Å². The molecule has 1 fully saturated rings. The second kappa shape index (κ2) is 4.61. The molecule has 5 heteroatoms. The first-order valence-corrected chi connectivity index (χ1v) is 5.16. The van der Waals surface area contributed by atoms with Crippen molar-refractivity contribution in [2.45, 2.75) is 19.9 Å². The smallest absolute Gasteiger partial charge is 0.306 e. The largest absolute Gasteiger partial charge is 0.481 e. The maximum Gasteiger partial charge on any atom is 0.306 e. The van der Waals surface area contributed by atoms with Crippen molar-refractivity contribution in [1.29, 1.82) is 0 Å². The molecule has 0 aliphatic carbocycles. The summed E-state index contributed by atoms with van der Waals surface area (Å²) in [5.74, 6) is -0.991. The number of carbonyl (C=O) groups excluding carboxylic acids is 1. The van der Waals surface area contributed by atoms with Gasteiger partial charge in [-0.2, -0.15) is 0 Å². The first-order chi connectivity index (χ1) is 6.97. The number of rotatable bonds is 4. The number of nitrogens with zero attached hydrogens (tertiary/aromatic N) is 1. The normalized spacial score (nSPS) is 20.6. The van der Waals surface area contributed by atoms with E-state index in [4.69, 9.17) is 5.11 Å². The average molecular weight is 214 g/mol. The highest BCUT2D eigenvalue weighted by atomic mass is 16.4. The van der Waals surface area contributed by atoms with Gasteiger partial charge in [-0.05, 0) is 14.0 Å². The Balaban J connectivity index is 2.37. The highest BCUT2D eigenvalue weighted by molar-refractivity contribution is 5.82. The van der Waals surface area contributed by atoms with E-state index in [9.17, 15) is 9.59 Å². The van der Waals surface area contributed by atoms with Gasteiger partial charge >= 0.3 is 5.97 Å². The molecule has 0 saturated carbocycles. The van der Waals surface area contributed by atoms with E-state index in [0.717, 1.165) is 0 Å². The van der Waals surface area contributed by atoms with Crippen molar-refractivity contribution in [2.75, 3.05) is 20.1 Å². The summed E-state index contributed by atoms with van der Waals surface area (Å²) < 4.78 is 0. The Morgan fingerprint density at radius 2 is 1.93 bits per heavy atom. The van der Waals surface area contributed by atoms with Crippen molar-refractivity contribution in [3.05, 3.63) is 0 Å². The molecule has 0 radical (unpaired) electrons. The van der Waals surface area contributed by atoms with Gasteiger partial charge in [0, 0.05) is 19.0 Å². The molecule has 2 unspecified atom stereocenters. The lowest BCUT2D eigenvalue weighted by molar-refractivity contribution is -0.151. The molecule has 1 aliphatic heterocycles. The summed E-state index contributed by atoms with van der Waals surface area (Å²) in [6.07, 6.45) is 0. The Morgan fingerprint density at radius 3 is 2.33 bits per heavy atom. The van der Waals surface area contributed by atoms with Crippen LogP contribution in [-0.2, 0) is 9.59 Å². The number of likely N-dealkylation sites (N-methyl/N-ethyl adjacent to an activating group) is 1. The van der Waals surface area contributed by atoms with Gasteiger partial charge in [0.05, 0.1) is 12.0 Å². The Morgan fingerprint density at radius 1 is 1.40 bits per heavy atom. The Labute approximate surface area is 89.4 Å². The van der Waals surface area contributed by atoms with Crippen molar-refractivity contribution in [1.82, 2.24) is 10.2 Å². The predicted octanol–water partition coefficient (Wildman–Crippen LogP) is -0.227. The highest BCUT2D eigenvalue weighted by Gasteiger charge is 2.37. The number of carboxylic acid groups (broad SMARTS) is 1. The van der Waals surface area contributed by atoms with Crippen LogP contribution in [0, 0.1) is 11.8 Å². The van der Waals surface area contributed by atoms with Crippen LogP contribution >= 0.6 is 0 Å². The van der Waals surface area contributed by atoms with Crippen molar-refractivity contribution in [3.8, 4) is 0 Å². The van der Waals surface area contributed by atoms with E-state index in [1.54, 1.807) is 25.8 Å². The van der Waals surface area contributed by atoms with Gasteiger partial charge in [0.1, 0.15) is 0 Å². The number of hydrogen-bond donors (Lipinski definition) is 2. The maximum absolute atomic E-state index is 11.6. The molecule has 1 rings (SSSR count). The molecule has 1 heterocycles. The fourth-order valence-electron chi connectivity index (χ4n) is 1.61. The van der Waals surface area contributed by atoms with Crippen LogP contribution in [0.4, 0.5) is 0 Å². The lowest BCUT2D eigenvalue weighted by atomic mass is 9.87. The molecule has 15 heavy (non-hydrogen) atoms. The highest BCUT2D eigenvalue weighted by Crippen LogP contribution is 2.24. The summed E-state index contributed by atoms with van der Waals surface area (Å²) in [5, 5.41) is 11.7. The van der Waals surface area contributed by atoms with E-state index in [2.05, 4.69) is 5.32 Å². The second-order valence-corrected chi connectivity index (χ2v) is 4.14. The maximum atomic E-state index is 11.6. The third-order valence-corrected chi connectivity index (χ3v) is 3.12. The molecular weight excluding hydrogens is 196 g/mol. The van der Waals surface area contributed by atoms with Crippen molar-refractivity contribution >= 4 is 11.9 Å². The molecule has 1 saturated heterocycles. The minimum absolute atomic E-state index is 0.0475. The van der Waals surface area contributed by atoms with Gasteiger partial charge in [-0.1, -0.05) is 6.92 Å². The molecule has 0 spiro atoms. The van der Waals surface area contributed by atoms with Crippen LogP contribution in [0.5, 0.6) is 0 Å². The minimum atomic E-state index is -0.784. The van der Waals surface area contributed by atoms with Gasteiger partial charge in [0.2, 0.25) is 5.91 Å². The van der Waals surface area contributed by atoms with Gasteiger partial charge in [-0.15, -0.1) is 0 Å². The van der Waals surface area contributed by atoms with E-state index >= 15 is 0 Å². The monoisotopic (exact) mass is 214 g/mol. The van der Waals surface area contributed by atoms with Gasteiger partial charge < -0.3 is 15.3 Å². The third kappa shape index (κ3) is 2.47. The minimum Gasteiger partial charge on any atom is -0.481 e. The second-order valence-electron chi connectivity index (χ2n) is 4.14. The zero-order chi connectivity index (χ0) is 11.6. The number of carbonyl (C=O) groups is 2. The van der Waals surface area contributed by atoms with Crippen LogP contribution in [-0.4, -0.2) is 48.1 Å². The molecule has 5 nitrogen and oxygen atoms in total. The van der Waals surface area contributed by atoms with Gasteiger partial charge in [0.15, 0.2) is 0 Å². The standard InChI is InChI=1S/C10H18N2O3/c1-6(10(14)15)8-4-12(5-8)9(13)7(2)11-3/h6-8,11H,4-5H2,1-3H3,(H,14,15). The van der Waals surface area contributed by atoms with Crippen molar-refractivity contribution in [3.63, 3.8) is 0 Å². The average Bonchev–Trinajstić information content (AvgIpc) is 2.13. The van der Waals surface area contributed by atoms with Gasteiger partial charge in [-0.3, -0.25) is 9.59 Å². The molecule has 1 aliphatic rings. The first-order valence-electron chi connectivity index (χ1n) is 5.16. The molecular formula is C10H18N2O3. The number of aliphatic carboxylic acids is 1. The lowest BCUT2D eigenvalue weighted by Crippen LogP contribution is -2.57. The summed E-state index contributed by atoms with van der Waals surface area (Å²) in [4.78, 5) is 24.0. The Hall–Kier alpha value is -1.10. The van der Waals surface area contributed by atoms with Gasteiger partial charge in [0.25, 0.3) is 0 Å². The zero-order valence-electron chi connectivity index (χ0n) is 9.36. The van der Waals surface area contributed by atoms with Crippen molar-refractivity contribution in [2.24, 2.45) is 11.8 Å². The molecule has 86 valence electrons. The molecule has 0 aromatic carbocycles. The SMILES string of the molecule is CNC(C)C(=O)N1CC(C(C)C(=O)O)C1. The lowest BCUT2D eigenvalue weighted by Gasteiger charge is -2.42. The molecule has 1 amide bonds. The fourth-order valence-corrected chi connectivity index (χ4v) is 1.61. The number of nitrogens with one attached hydrogen (secondary N) is 1. The summed E-state index contributed by atoms with van der Waals surface area (Å²) >= 11 is 0. The van der Waals surface area contributed by atoms with Gasteiger partial charge in [-0.25, -0.2) is 0 Å². The Bertz CT molecular complexity index is 261. The summed E-state index contributed by atoms with van der Waals surface area (Å²) in [6, 6.07) is -0.189. The summed E-state index contributed by atoms with van der Waals surface area (Å²) in [6.45, 7) is 4.63. The van der Waals surface area contributed by atoms with Crippen molar-refractivity contribution < 1.29 is 14.7 Å². The molecule has 0 aromatic rings. The molecule has 0 aromatic heterocycles. The number of likely N-dealkylation sites (tertiary alicyclic amines) is 1. The van der Waals surface area contributed by atoms with E-state index in [1.807, 2.05) is 0 Å². The molecule has 2 atom stereocenters. The quantitative estimate of drug-likeness (QED) is 0.678. The van der Waals surface area contributed by atoms with Crippen LogP contribution in [0.3, 0.4) is 0 Å². The Kier molecular flexibility index (Phi) is 3.68. The van der Waals surface area contributed by atoms with E-state index in [1.165, 1.54) is 0 Å². The zero-order valence-corrected chi connectivity index (χ0v) is 9.36. The van der Waals surface area contributed by atoms with Crippen LogP contribution < -0.4 is 5.32 Å². The van der Waals surface area contributed by atoms with Crippen LogP contribution in [0.25, 0.3) is 0 Å². The predicted molar refractivity (Wildman–Crippen MR) is 55.4 cm³/mol. The van der Waals surface area contributed by atoms with E-state index in [-0.39, 0.29) is 23.8 Å². The number of hydrogen-bond acceptors (Lipinski definition) is 3. The fraction of sp³-hybridized carbons (Fsp3) is 0.800. The van der Waals surface area contributed by atoms with Crippen LogP contribution in [0.1, 0.15) is 13.8 Å². The summed E-state index contributed by atoms with van der Waals surface area (Å²) in [5.41, 5.74) is 0.